The van der Waals surface area contributed by atoms with Gasteiger partial charge in [0.1, 0.15) is 23.7 Å². The van der Waals surface area contributed by atoms with Crippen LogP contribution in [0.4, 0.5) is 16.2 Å². The van der Waals surface area contributed by atoms with Crippen molar-refractivity contribution in [1.82, 2.24) is 5.32 Å². The van der Waals surface area contributed by atoms with E-state index in [1.54, 1.807) is 25.3 Å². The van der Waals surface area contributed by atoms with Crippen LogP contribution in [0.25, 0.3) is 6.08 Å². The highest BCUT2D eigenvalue weighted by Gasteiger charge is 2.40. The van der Waals surface area contributed by atoms with Crippen molar-refractivity contribution >= 4 is 35.3 Å². The first kappa shape index (κ1) is 32.1. The number of rotatable bonds is 8. The summed E-state index contributed by atoms with van der Waals surface area (Å²) in [5.41, 5.74) is 7.43. The summed E-state index contributed by atoms with van der Waals surface area (Å²) >= 11 is 0. The van der Waals surface area contributed by atoms with Crippen molar-refractivity contribution in [2.24, 2.45) is 0 Å². The fourth-order valence-electron chi connectivity index (χ4n) is 7.64. The Balaban J connectivity index is 1.22. The van der Waals surface area contributed by atoms with Crippen LogP contribution in [0, 0.1) is 0 Å². The summed E-state index contributed by atoms with van der Waals surface area (Å²) < 4.78 is 11.6. The number of carbonyl (C=O) groups excluding carboxylic acids is 3. The van der Waals surface area contributed by atoms with Crippen molar-refractivity contribution in [1.29, 1.82) is 0 Å². The van der Waals surface area contributed by atoms with Crippen molar-refractivity contribution in [3.05, 3.63) is 160 Å². The van der Waals surface area contributed by atoms with Gasteiger partial charge in [0.15, 0.2) is 0 Å². The van der Waals surface area contributed by atoms with E-state index in [1.807, 2.05) is 78.9 Å². The molecule has 1 N–H and O–H groups in total. The van der Waals surface area contributed by atoms with E-state index in [4.69, 9.17) is 9.47 Å². The van der Waals surface area contributed by atoms with E-state index in [0.717, 1.165) is 47.5 Å². The second kappa shape index (κ2) is 13.6. The third-order valence-corrected chi connectivity index (χ3v) is 10.1. The number of benzene rings is 5. The molecule has 0 aromatic heterocycles. The van der Waals surface area contributed by atoms with Crippen LogP contribution in [0.5, 0.6) is 11.5 Å². The number of nitrogens with one attached hydrogen (secondary N) is 1. The molecule has 4 amide bonds. The van der Waals surface area contributed by atoms with Gasteiger partial charge in [-0.1, -0.05) is 91.0 Å². The third-order valence-electron chi connectivity index (χ3n) is 10.1. The molecule has 3 aliphatic rings. The summed E-state index contributed by atoms with van der Waals surface area (Å²) in [7, 11) is 1.56. The fourth-order valence-corrected chi connectivity index (χ4v) is 7.64. The average Bonchev–Trinajstić information content (AvgIpc) is 3.17. The van der Waals surface area contributed by atoms with Crippen LogP contribution in [0.15, 0.2) is 127 Å². The molecule has 1 saturated heterocycles. The van der Waals surface area contributed by atoms with E-state index in [1.165, 1.54) is 22.9 Å². The highest BCUT2D eigenvalue weighted by atomic mass is 16.5. The van der Waals surface area contributed by atoms with Gasteiger partial charge in [-0.15, -0.1) is 0 Å². The van der Waals surface area contributed by atoms with Crippen molar-refractivity contribution in [3.63, 3.8) is 0 Å². The van der Waals surface area contributed by atoms with Crippen LogP contribution in [-0.4, -0.2) is 38.0 Å². The molecular formula is C43H37N3O5. The van der Waals surface area contributed by atoms with E-state index in [9.17, 15) is 14.4 Å². The van der Waals surface area contributed by atoms with Gasteiger partial charge in [0.25, 0.3) is 11.8 Å². The molecule has 8 nitrogen and oxygen atoms in total. The molecule has 1 fully saturated rings. The SMILES string of the molecule is COc1ccc(/C=C2\C(=O)NC(=O)N(c3cc4c5c(c3)[C@H](c3ccccc3)CCN5CC[C@H]4c3ccccc3)C2=O)c(OCc2ccccc2)c1. The standard InChI is InChI=1S/C43H37N3O5/c1-50-33-18-17-31(39(26-33)51-27-28-11-5-2-6-12-28)23-38-41(47)44-43(49)46(42(38)48)32-24-36-34(29-13-7-3-8-14-29)19-21-45-22-20-35(37(25-32)40(36)45)30-15-9-4-10-16-30/h2-18,23-26,34-35H,19-22,27H2,1H3,(H,44,47,49)/b38-23+/t34-,35-/m0/s1. The molecule has 5 aromatic carbocycles. The van der Waals surface area contributed by atoms with Gasteiger partial charge in [-0.2, -0.15) is 0 Å². The van der Waals surface area contributed by atoms with Gasteiger partial charge in [-0.05, 0) is 71.0 Å². The molecule has 0 spiro atoms. The molecule has 0 saturated carbocycles. The van der Waals surface area contributed by atoms with Crippen molar-refractivity contribution < 1.29 is 23.9 Å². The van der Waals surface area contributed by atoms with Gasteiger partial charge in [0.05, 0.1) is 12.8 Å². The maximum absolute atomic E-state index is 14.4. The molecule has 0 bridgehead atoms. The van der Waals surface area contributed by atoms with E-state index >= 15 is 0 Å². The van der Waals surface area contributed by atoms with Gasteiger partial charge in [0, 0.05) is 42.2 Å². The minimum Gasteiger partial charge on any atom is -0.497 e. The van der Waals surface area contributed by atoms with Crippen molar-refractivity contribution in [3.8, 4) is 11.5 Å². The van der Waals surface area contributed by atoms with Crippen LogP contribution in [0.2, 0.25) is 0 Å². The highest BCUT2D eigenvalue weighted by molar-refractivity contribution is 6.39. The van der Waals surface area contributed by atoms with Crippen molar-refractivity contribution in [2.45, 2.75) is 31.3 Å². The number of methoxy groups -OCH3 is 1. The number of hydrogen-bond acceptors (Lipinski definition) is 6. The summed E-state index contributed by atoms with van der Waals surface area (Å²) in [4.78, 5) is 45.0. The zero-order valence-electron chi connectivity index (χ0n) is 28.3. The van der Waals surface area contributed by atoms with Gasteiger partial charge in [-0.3, -0.25) is 14.9 Å². The summed E-state index contributed by atoms with van der Waals surface area (Å²) in [6.45, 7) is 2.11. The lowest BCUT2D eigenvalue weighted by molar-refractivity contribution is -0.122. The molecule has 2 atom stereocenters. The first-order chi connectivity index (χ1) is 25.0. The summed E-state index contributed by atoms with van der Waals surface area (Å²) in [6.07, 6.45) is 3.30. The van der Waals surface area contributed by atoms with E-state index in [0.29, 0.717) is 22.7 Å². The van der Waals surface area contributed by atoms with Crippen LogP contribution in [0.3, 0.4) is 0 Å². The Hall–Kier alpha value is -6.15. The predicted molar refractivity (Wildman–Crippen MR) is 197 cm³/mol. The largest absolute Gasteiger partial charge is 0.497 e. The Morgan fingerprint density at radius 2 is 1.33 bits per heavy atom. The Morgan fingerprint density at radius 3 is 1.92 bits per heavy atom. The monoisotopic (exact) mass is 675 g/mol. The van der Waals surface area contributed by atoms with E-state index in [-0.39, 0.29) is 24.0 Å². The summed E-state index contributed by atoms with van der Waals surface area (Å²) in [6, 6.07) is 38.8. The Bertz CT molecular complexity index is 2080. The Kier molecular flexibility index (Phi) is 8.57. The van der Waals surface area contributed by atoms with Crippen molar-refractivity contribution in [2.75, 3.05) is 30.0 Å². The number of urea groups is 1. The number of ether oxygens (including phenoxy) is 2. The van der Waals surface area contributed by atoms with Crippen LogP contribution < -0.4 is 24.6 Å². The number of barbiturate groups is 1. The average molecular weight is 676 g/mol. The summed E-state index contributed by atoms with van der Waals surface area (Å²) in [5.74, 6) is -0.306. The number of nitrogens with zero attached hydrogens (tertiary/aromatic N) is 2. The normalized spacial score (nSPS) is 19.1. The van der Waals surface area contributed by atoms with Crippen LogP contribution in [0.1, 0.15) is 58.1 Å². The van der Waals surface area contributed by atoms with Gasteiger partial charge in [-0.25, -0.2) is 9.69 Å². The summed E-state index contributed by atoms with van der Waals surface area (Å²) in [5, 5.41) is 2.44. The third kappa shape index (κ3) is 6.14. The van der Waals surface area contributed by atoms with E-state index < -0.39 is 17.8 Å². The molecular weight excluding hydrogens is 638 g/mol. The lowest BCUT2D eigenvalue weighted by Crippen LogP contribution is -2.54. The highest BCUT2D eigenvalue weighted by Crippen LogP contribution is 2.50. The molecule has 51 heavy (non-hydrogen) atoms. The first-order valence-electron chi connectivity index (χ1n) is 17.3. The molecule has 0 unspecified atom stereocenters. The zero-order chi connectivity index (χ0) is 34.9. The quantitative estimate of drug-likeness (QED) is 0.133. The lowest BCUT2D eigenvalue weighted by Gasteiger charge is -2.44. The second-order valence-corrected chi connectivity index (χ2v) is 13.1. The maximum atomic E-state index is 14.4. The zero-order valence-corrected chi connectivity index (χ0v) is 28.3. The number of hydrogen-bond donors (Lipinski definition) is 1. The Labute approximate surface area is 296 Å². The van der Waals surface area contributed by atoms with Gasteiger partial charge in [0.2, 0.25) is 0 Å². The maximum Gasteiger partial charge on any atom is 0.335 e. The number of carbonyl (C=O) groups is 3. The molecule has 8 rings (SSSR count). The van der Waals surface area contributed by atoms with Gasteiger partial charge >= 0.3 is 6.03 Å². The van der Waals surface area contributed by atoms with Gasteiger partial charge < -0.3 is 14.4 Å². The smallest absolute Gasteiger partial charge is 0.335 e. The lowest BCUT2D eigenvalue weighted by atomic mass is 9.76. The molecule has 8 heteroatoms. The van der Waals surface area contributed by atoms with Crippen LogP contribution in [-0.2, 0) is 16.2 Å². The molecule has 254 valence electrons. The minimum atomic E-state index is -0.777. The topological polar surface area (TPSA) is 88.2 Å². The molecule has 0 radical (unpaired) electrons. The minimum absolute atomic E-state index is 0.0777. The predicted octanol–water partition coefficient (Wildman–Crippen LogP) is 7.82. The number of imide groups is 2. The van der Waals surface area contributed by atoms with E-state index in [2.05, 4.69) is 34.5 Å². The number of amides is 4. The van der Waals surface area contributed by atoms with Crippen LogP contribution >= 0.6 is 0 Å². The number of anilines is 2. The second-order valence-electron chi connectivity index (χ2n) is 13.1. The Morgan fingerprint density at radius 1 is 0.745 bits per heavy atom. The molecule has 3 aliphatic heterocycles. The fraction of sp³-hybridized carbons (Fsp3) is 0.186. The molecule has 5 aromatic rings. The molecule has 0 aliphatic carbocycles. The molecule has 3 heterocycles. The first-order valence-corrected chi connectivity index (χ1v) is 17.3.